The number of carbonyl (C=O) groups excluding carboxylic acids is 1. The zero-order chi connectivity index (χ0) is 19.4. The molecule has 6 nitrogen and oxygen atoms in total. The lowest BCUT2D eigenvalue weighted by atomic mass is 10.1. The maximum absolute atomic E-state index is 12.5. The van der Waals surface area contributed by atoms with Gasteiger partial charge in [0, 0.05) is 17.6 Å². The van der Waals surface area contributed by atoms with Crippen molar-refractivity contribution < 1.29 is 14.1 Å². The first-order valence-electron chi connectivity index (χ1n) is 8.49. The van der Waals surface area contributed by atoms with Crippen molar-refractivity contribution in [1.82, 2.24) is 15.0 Å². The summed E-state index contributed by atoms with van der Waals surface area (Å²) in [5, 5.41) is 4.60. The van der Waals surface area contributed by atoms with Gasteiger partial charge in [-0.1, -0.05) is 40.5 Å². The van der Waals surface area contributed by atoms with Crippen molar-refractivity contribution in [3.63, 3.8) is 0 Å². The lowest BCUT2D eigenvalue weighted by Gasteiger charge is -2.20. The van der Waals surface area contributed by atoms with Gasteiger partial charge >= 0.3 is 0 Å². The Hall–Kier alpha value is -2.86. The van der Waals surface area contributed by atoms with E-state index >= 15 is 0 Å². The van der Waals surface area contributed by atoms with Crippen LogP contribution in [-0.2, 0) is 11.3 Å². The Balaban J connectivity index is 1.61. The van der Waals surface area contributed by atoms with Crippen LogP contribution in [0.3, 0.4) is 0 Å². The first-order chi connectivity index (χ1) is 12.9. The van der Waals surface area contributed by atoms with Gasteiger partial charge < -0.3 is 14.2 Å². The van der Waals surface area contributed by atoms with Crippen molar-refractivity contribution in [3.8, 4) is 17.1 Å². The summed E-state index contributed by atoms with van der Waals surface area (Å²) in [7, 11) is 1.67. The molecule has 27 heavy (non-hydrogen) atoms. The van der Waals surface area contributed by atoms with Crippen LogP contribution in [0.5, 0.6) is 5.75 Å². The smallest absolute Gasteiger partial charge is 0.263 e. The first-order valence-corrected chi connectivity index (χ1v) is 8.87. The molecule has 0 fully saturated rings. The molecule has 7 heteroatoms. The third kappa shape index (κ3) is 4.86. The molecular formula is C20H20ClN3O3. The molecule has 1 atom stereocenters. The van der Waals surface area contributed by atoms with Gasteiger partial charge in [0.15, 0.2) is 6.10 Å². The summed E-state index contributed by atoms with van der Waals surface area (Å²) < 4.78 is 10.9. The third-order valence-corrected chi connectivity index (χ3v) is 4.22. The van der Waals surface area contributed by atoms with E-state index in [4.69, 9.17) is 20.9 Å². The van der Waals surface area contributed by atoms with Crippen molar-refractivity contribution in [2.75, 3.05) is 7.05 Å². The van der Waals surface area contributed by atoms with Gasteiger partial charge in [0.1, 0.15) is 5.75 Å². The molecule has 1 heterocycles. The predicted molar refractivity (Wildman–Crippen MR) is 102 cm³/mol. The lowest BCUT2D eigenvalue weighted by Crippen LogP contribution is -2.37. The van der Waals surface area contributed by atoms with Gasteiger partial charge in [0.05, 0.1) is 6.54 Å². The van der Waals surface area contributed by atoms with Crippen LogP contribution in [0.4, 0.5) is 0 Å². The zero-order valence-corrected chi connectivity index (χ0v) is 16.1. The number of halogens is 1. The number of amides is 1. The molecular weight excluding hydrogens is 366 g/mol. The Morgan fingerprint density at radius 1 is 1.26 bits per heavy atom. The van der Waals surface area contributed by atoms with Crippen LogP contribution < -0.4 is 4.74 Å². The Morgan fingerprint density at radius 3 is 2.70 bits per heavy atom. The number of rotatable bonds is 6. The largest absolute Gasteiger partial charge is 0.481 e. The minimum atomic E-state index is -0.657. The van der Waals surface area contributed by atoms with Crippen molar-refractivity contribution in [2.45, 2.75) is 26.5 Å². The van der Waals surface area contributed by atoms with Crippen LogP contribution in [0, 0.1) is 6.92 Å². The summed E-state index contributed by atoms with van der Waals surface area (Å²) in [5.74, 6) is 1.24. The normalized spacial score (nSPS) is 11.9. The molecule has 0 aliphatic carbocycles. The molecule has 3 rings (SSSR count). The van der Waals surface area contributed by atoms with E-state index in [9.17, 15) is 4.79 Å². The Bertz CT molecular complexity index is 924. The number of aromatic nitrogens is 2. The number of benzene rings is 2. The maximum atomic E-state index is 12.5. The molecule has 0 saturated carbocycles. The molecule has 1 amide bonds. The van der Waals surface area contributed by atoms with Crippen molar-refractivity contribution in [1.29, 1.82) is 0 Å². The van der Waals surface area contributed by atoms with Crippen molar-refractivity contribution >= 4 is 17.5 Å². The Morgan fingerprint density at radius 2 is 2.00 bits per heavy atom. The molecule has 0 unspecified atom stereocenters. The third-order valence-electron chi connectivity index (χ3n) is 3.97. The van der Waals surface area contributed by atoms with Gasteiger partial charge in [-0.15, -0.1) is 0 Å². The first kappa shape index (κ1) is 18.9. The minimum Gasteiger partial charge on any atom is -0.481 e. The van der Waals surface area contributed by atoms with E-state index in [0.717, 1.165) is 11.1 Å². The number of hydrogen-bond donors (Lipinski definition) is 0. The Kier molecular flexibility index (Phi) is 5.76. The van der Waals surface area contributed by atoms with E-state index in [1.165, 1.54) is 4.90 Å². The second-order valence-corrected chi connectivity index (χ2v) is 6.73. The highest BCUT2D eigenvalue weighted by Crippen LogP contribution is 2.19. The molecule has 0 saturated heterocycles. The minimum absolute atomic E-state index is 0.194. The number of hydrogen-bond acceptors (Lipinski definition) is 5. The quantitative estimate of drug-likeness (QED) is 0.638. The molecule has 0 spiro atoms. The molecule has 0 radical (unpaired) electrons. The molecule has 0 bridgehead atoms. The van der Waals surface area contributed by atoms with Gasteiger partial charge in [-0.2, -0.15) is 4.98 Å². The highest BCUT2D eigenvalue weighted by atomic mass is 35.5. The van der Waals surface area contributed by atoms with Gasteiger partial charge in [0.25, 0.3) is 5.91 Å². The number of likely N-dealkylation sites (N-methyl/N-ethyl adjacent to an activating group) is 1. The predicted octanol–water partition coefficient (Wildman–Crippen LogP) is 4.12. The topological polar surface area (TPSA) is 68.5 Å². The summed E-state index contributed by atoms with van der Waals surface area (Å²) in [6.07, 6.45) is -0.657. The van der Waals surface area contributed by atoms with Crippen LogP contribution in [-0.4, -0.2) is 34.1 Å². The summed E-state index contributed by atoms with van der Waals surface area (Å²) in [4.78, 5) is 18.4. The van der Waals surface area contributed by atoms with Gasteiger partial charge in [-0.05, 0) is 44.2 Å². The molecule has 140 valence electrons. The van der Waals surface area contributed by atoms with E-state index in [1.807, 2.05) is 31.2 Å². The zero-order valence-electron chi connectivity index (χ0n) is 15.3. The number of aryl methyl sites for hydroxylation is 1. The summed E-state index contributed by atoms with van der Waals surface area (Å²) in [6.45, 7) is 3.89. The molecule has 0 N–H and O–H groups in total. The average molecular weight is 386 g/mol. The SMILES string of the molecule is Cc1cccc(-c2noc(CN(C)C(=O)[C@@H](C)Oc3ccc(Cl)cc3)n2)c1. The van der Waals surface area contributed by atoms with Crippen LogP contribution in [0.25, 0.3) is 11.4 Å². The van der Waals surface area contributed by atoms with E-state index in [2.05, 4.69) is 10.1 Å². The van der Waals surface area contributed by atoms with Gasteiger partial charge in [0.2, 0.25) is 11.7 Å². The molecule has 2 aromatic carbocycles. The lowest BCUT2D eigenvalue weighted by molar-refractivity contribution is -0.137. The second-order valence-electron chi connectivity index (χ2n) is 6.29. The van der Waals surface area contributed by atoms with E-state index in [1.54, 1.807) is 38.2 Å². The highest BCUT2D eigenvalue weighted by molar-refractivity contribution is 6.30. The number of carbonyl (C=O) groups is 1. The highest BCUT2D eigenvalue weighted by Gasteiger charge is 2.21. The maximum Gasteiger partial charge on any atom is 0.263 e. The standard InChI is InChI=1S/C20H20ClN3O3/c1-13-5-4-6-15(11-13)19-22-18(27-23-19)12-24(3)20(25)14(2)26-17-9-7-16(21)8-10-17/h4-11,14H,12H2,1-3H3/t14-/m1/s1. The van der Waals surface area contributed by atoms with Crippen LogP contribution >= 0.6 is 11.6 Å². The summed E-state index contributed by atoms with van der Waals surface area (Å²) in [6, 6.07) is 14.7. The fourth-order valence-corrected chi connectivity index (χ4v) is 2.71. The van der Waals surface area contributed by atoms with E-state index in [0.29, 0.717) is 22.5 Å². The molecule has 3 aromatic rings. The fourth-order valence-electron chi connectivity index (χ4n) is 2.58. The van der Waals surface area contributed by atoms with Crippen LogP contribution in [0.2, 0.25) is 5.02 Å². The van der Waals surface area contributed by atoms with Gasteiger partial charge in [-0.3, -0.25) is 4.79 Å². The monoisotopic (exact) mass is 385 g/mol. The van der Waals surface area contributed by atoms with Gasteiger partial charge in [-0.25, -0.2) is 0 Å². The second kappa shape index (κ2) is 8.22. The summed E-state index contributed by atoms with van der Waals surface area (Å²) >= 11 is 5.85. The number of nitrogens with zero attached hydrogens (tertiary/aromatic N) is 3. The molecule has 0 aliphatic heterocycles. The number of ether oxygens (including phenoxy) is 1. The van der Waals surface area contributed by atoms with Crippen LogP contribution in [0.1, 0.15) is 18.4 Å². The van der Waals surface area contributed by atoms with Crippen molar-refractivity contribution in [3.05, 3.63) is 65.0 Å². The van der Waals surface area contributed by atoms with E-state index in [-0.39, 0.29) is 12.5 Å². The molecule has 1 aromatic heterocycles. The Labute approximate surface area is 162 Å². The summed E-state index contributed by atoms with van der Waals surface area (Å²) in [5.41, 5.74) is 1.98. The fraction of sp³-hybridized carbons (Fsp3) is 0.250. The van der Waals surface area contributed by atoms with E-state index < -0.39 is 6.10 Å². The van der Waals surface area contributed by atoms with Crippen molar-refractivity contribution in [2.24, 2.45) is 0 Å². The molecule has 0 aliphatic rings. The van der Waals surface area contributed by atoms with Crippen LogP contribution in [0.15, 0.2) is 53.1 Å². The average Bonchev–Trinajstić information content (AvgIpc) is 3.11.